The number of hydrogen-bond donors (Lipinski definition) is 1. The van der Waals surface area contributed by atoms with Crippen molar-refractivity contribution in [3.05, 3.63) is 28.8 Å². The molecule has 0 aliphatic carbocycles. The standard InChI is InChI=1S/C18H30O2/c1-13-10-15(18(6,7)12-17(3,4)5)11-14(2)16(13)20-9-8-19/h10-11,19H,8-9,12H2,1-7H3. The Morgan fingerprint density at radius 2 is 1.50 bits per heavy atom. The van der Waals surface area contributed by atoms with Crippen LogP contribution >= 0.6 is 0 Å². The van der Waals surface area contributed by atoms with Crippen LogP contribution in [0.4, 0.5) is 0 Å². The molecule has 0 saturated carbocycles. The van der Waals surface area contributed by atoms with Crippen molar-refractivity contribution in [2.24, 2.45) is 5.41 Å². The summed E-state index contributed by atoms with van der Waals surface area (Å²) >= 11 is 0. The predicted molar refractivity (Wildman–Crippen MR) is 85.6 cm³/mol. The molecular weight excluding hydrogens is 248 g/mol. The molecule has 114 valence electrons. The smallest absolute Gasteiger partial charge is 0.125 e. The lowest BCUT2D eigenvalue weighted by atomic mass is 9.72. The second-order valence-electron chi connectivity index (χ2n) is 7.63. The summed E-state index contributed by atoms with van der Waals surface area (Å²) in [6.45, 7) is 16.0. The average Bonchev–Trinajstić information content (AvgIpc) is 2.24. The van der Waals surface area contributed by atoms with Crippen LogP contribution in [0.2, 0.25) is 0 Å². The Kier molecular flexibility index (Phi) is 5.26. The van der Waals surface area contributed by atoms with Crippen LogP contribution in [0.3, 0.4) is 0 Å². The molecule has 0 aliphatic rings. The van der Waals surface area contributed by atoms with Gasteiger partial charge in [0.2, 0.25) is 0 Å². The molecule has 1 N–H and O–H groups in total. The number of rotatable bonds is 5. The van der Waals surface area contributed by atoms with Crippen LogP contribution < -0.4 is 4.74 Å². The SMILES string of the molecule is Cc1cc(C(C)(C)CC(C)(C)C)cc(C)c1OCCO. The third kappa shape index (κ3) is 4.52. The molecule has 2 nitrogen and oxygen atoms in total. The van der Waals surface area contributed by atoms with Crippen LogP contribution in [0.25, 0.3) is 0 Å². The summed E-state index contributed by atoms with van der Waals surface area (Å²) < 4.78 is 5.64. The molecule has 20 heavy (non-hydrogen) atoms. The summed E-state index contributed by atoms with van der Waals surface area (Å²) in [6, 6.07) is 4.46. The van der Waals surface area contributed by atoms with E-state index in [2.05, 4.69) is 60.6 Å². The molecule has 1 aromatic rings. The topological polar surface area (TPSA) is 29.5 Å². The van der Waals surface area contributed by atoms with E-state index in [1.807, 2.05) is 0 Å². The van der Waals surface area contributed by atoms with Crippen LogP contribution in [0, 0.1) is 19.3 Å². The van der Waals surface area contributed by atoms with Crippen molar-refractivity contribution in [3.8, 4) is 5.75 Å². The minimum absolute atomic E-state index is 0.0517. The van der Waals surface area contributed by atoms with Crippen molar-refractivity contribution in [3.63, 3.8) is 0 Å². The van der Waals surface area contributed by atoms with Gasteiger partial charge in [0.25, 0.3) is 0 Å². The minimum Gasteiger partial charge on any atom is -0.491 e. The van der Waals surface area contributed by atoms with Gasteiger partial charge < -0.3 is 9.84 Å². The van der Waals surface area contributed by atoms with Crippen molar-refractivity contribution in [2.75, 3.05) is 13.2 Å². The van der Waals surface area contributed by atoms with Crippen molar-refractivity contribution < 1.29 is 9.84 Å². The monoisotopic (exact) mass is 278 g/mol. The normalized spacial score (nSPS) is 12.6. The molecule has 0 saturated heterocycles. The zero-order valence-corrected chi connectivity index (χ0v) is 14.1. The largest absolute Gasteiger partial charge is 0.491 e. The molecule has 2 heteroatoms. The zero-order chi connectivity index (χ0) is 15.6. The molecule has 0 amide bonds. The van der Waals surface area contributed by atoms with Gasteiger partial charge in [-0.2, -0.15) is 0 Å². The van der Waals surface area contributed by atoms with Crippen molar-refractivity contribution in [2.45, 2.75) is 60.3 Å². The summed E-state index contributed by atoms with van der Waals surface area (Å²) in [7, 11) is 0. The summed E-state index contributed by atoms with van der Waals surface area (Å²) in [5.74, 6) is 0.911. The highest BCUT2D eigenvalue weighted by atomic mass is 16.5. The Morgan fingerprint density at radius 3 is 1.90 bits per heavy atom. The van der Waals surface area contributed by atoms with Crippen LogP contribution in [0.1, 0.15) is 57.7 Å². The van der Waals surface area contributed by atoms with Crippen molar-refractivity contribution >= 4 is 0 Å². The zero-order valence-electron chi connectivity index (χ0n) is 14.1. The van der Waals surface area contributed by atoms with Gasteiger partial charge in [-0.15, -0.1) is 0 Å². The molecule has 0 atom stereocenters. The van der Waals surface area contributed by atoms with Gasteiger partial charge in [0.1, 0.15) is 12.4 Å². The highest BCUT2D eigenvalue weighted by Crippen LogP contribution is 2.38. The van der Waals surface area contributed by atoms with E-state index >= 15 is 0 Å². The number of aliphatic hydroxyl groups excluding tert-OH is 1. The van der Waals surface area contributed by atoms with Gasteiger partial charge in [-0.05, 0) is 47.8 Å². The highest BCUT2D eigenvalue weighted by Gasteiger charge is 2.28. The maximum Gasteiger partial charge on any atom is 0.125 e. The lowest BCUT2D eigenvalue weighted by molar-refractivity contribution is 0.199. The Hall–Kier alpha value is -1.02. The molecule has 0 bridgehead atoms. The fourth-order valence-corrected chi connectivity index (χ4v) is 3.14. The molecule has 0 fully saturated rings. The van der Waals surface area contributed by atoms with E-state index in [1.54, 1.807) is 0 Å². The third-order valence-electron chi connectivity index (χ3n) is 3.55. The first-order valence-electron chi connectivity index (χ1n) is 7.42. The number of ether oxygens (including phenoxy) is 1. The highest BCUT2D eigenvalue weighted by molar-refractivity contribution is 5.45. The fourth-order valence-electron chi connectivity index (χ4n) is 3.14. The van der Waals surface area contributed by atoms with E-state index in [-0.39, 0.29) is 12.0 Å². The number of aliphatic hydroxyl groups is 1. The van der Waals surface area contributed by atoms with Crippen LogP contribution in [0.5, 0.6) is 5.75 Å². The summed E-state index contributed by atoms with van der Waals surface area (Å²) in [5, 5.41) is 8.90. The Morgan fingerprint density at radius 1 is 1.00 bits per heavy atom. The van der Waals surface area contributed by atoms with Gasteiger partial charge >= 0.3 is 0 Å². The number of aryl methyl sites for hydroxylation is 2. The minimum atomic E-state index is 0.0517. The molecule has 0 unspecified atom stereocenters. The molecule has 1 aromatic carbocycles. The molecule has 0 radical (unpaired) electrons. The Bertz CT molecular complexity index is 430. The summed E-state index contributed by atoms with van der Waals surface area (Å²) in [5.41, 5.74) is 4.10. The van der Waals surface area contributed by atoms with E-state index in [0.717, 1.165) is 23.3 Å². The van der Waals surface area contributed by atoms with Gasteiger partial charge in [0.05, 0.1) is 6.61 Å². The van der Waals surface area contributed by atoms with Gasteiger partial charge in [-0.25, -0.2) is 0 Å². The van der Waals surface area contributed by atoms with E-state index in [1.165, 1.54) is 5.56 Å². The average molecular weight is 278 g/mol. The predicted octanol–water partition coefficient (Wildman–Crippen LogP) is 4.39. The van der Waals surface area contributed by atoms with Crippen LogP contribution in [-0.2, 0) is 5.41 Å². The molecule has 1 rings (SSSR count). The summed E-state index contributed by atoms with van der Waals surface area (Å²) in [6.07, 6.45) is 1.13. The van der Waals surface area contributed by atoms with Gasteiger partial charge in [0.15, 0.2) is 0 Å². The number of benzene rings is 1. The second kappa shape index (κ2) is 6.17. The maximum absolute atomic E-state index is 8.90. The maximum atomic E-state index is 8.90. The van der Waals surface area contributed by atoms with Gasteiger partial charge in [-0.1, -0.05) is 46.8 Å². The molecular formula is C18H30O2. The van der Waals surface area contributed by atoms with E-state index < -0.39 is 0 Å². The van der Waals surface area contributed by atoms with Crippen LogP contribution in [-0.4, -0.2) is 18.3 Å². The second-order valence-corrected chi connectivity index (χ2v) is 7.63. The quantitative estimate of drug-likeness (QED) is 0.865. The first kappa shape index (κ1) is 17.0. The van der Waals surface area contributed by atoms with Crippen molar-refractivity contribution in [1.82, 2.24) is 0 Å². The van der Waals surface area contributed by atoms with E-state index in [4.69, 9.17) is 9.84 Å². The third-order valence-corrected chi connectivity index (χ3v) is 3.55. The lowest BCUT2D eigenvalue weighted by Crippen LogP contribution is -2.25. The molecule has 0 heterocycles. The summed E-state index contributed by atoms with van der Waals surface area (Å²) in [4.78, 5) is 0. The fraction of sp³-hybridized carbons (Fsp3) is 0.667. The molecule has 0 spiro atoms. The Labute approximate surface area is 124 Å². The first-order valence-corrected chi connectivity index (χ1v) is 7.42. The lowest BCUT2D eigenvalue weighted by Gasteiger charge is -2.33. The van der Waals surface area contributed by atoms with Crippen molar-refractivity contribution in [1.29, 1.82) is 0 Å². The molecule has 0 aliphatic heterocycles. The van der Waals surface area contributed by atoms with Gasteiger partial charge in [0, 0.05) is 0 Å². The van der Waals surface area contributed by atoms with E-state index in [0.29, 0.717) is 12.0 Å². The number of hydrogen-bond acceptors (Lipinski definition) is 2. The first-order chi connectivity index (χ1) is 9.07. The Balaban J connectivity index is 3.09. The van der Waals surface area contributed by atoms with E-state index in [9.17, 15) is 0 Å². The molecule has 0 aromatic heterocycles. The van der Waals surface area contributed by atoms with Crippen LogP contribution in [0.15, 0.2) is 12.1 Å². The van der Waals surface area contributed by atoms with Gasteiger partial charge in [-0.3, -0.25) is 0 Å².